The van der Waals surface area contributed by atoms with Crippen LogP contribution in [0.1, 0.15) is 36.0 Å². The van der Waals surface area contributed by atoms with Crippen molar-refractivity contribution >= 4 is 17.5 Å². The Kier molecular flexibility index (Phi) is 5.87. The first-order valence-electron chi connectivity index (χ1n) is 11.5. The molecule has 35 heavy (non-hydrogen) atoms. The highest BCUT2D eigenvalue weighted by molar-refractivity contribution is 5.94. The molecule has 3 aromatic rings. The first-order chi connectivity index (χ1) is 17.0. The fourth-order valence-corrected chi connectivity index (χ4v) is 4.71. The molecule has 1 aliphatic carbocycles. The second kappa shape index (κ2) is 9.15. The maximum absolute atomic E-state index is 13.4. The maximum atomic E-state index is 13.4. The summed E-state index contributed by atoms with van der Waals surface area (Å²) >= 11 is 0. The first-order valence-corrected chi connectivity index (χ1v) is 11.5. The Balaban J connectivity index is 1.28. The number of nitriles is 2. The van der Waals surface area contributed by atoms with Gasteiger partial charge in [-0.3, -0.25) is 9.48 Å². The van der Waals surface area contributed by atoms with Gasteiger partial charge in [-0.2, -0.15) is 15.6 Å². The van der Waals surface area contributed by atoms with Gasteiger partial charge in [0.15, 0.2) is 0 Å². The van der Waals surface area contributed by atoms with E-state index in [1.165, 1.54) is 4.90 Å². The van der Waals surface area contributed by atoms with E-state index in [2.05, 4.69) is 32.5 Å². The Hall–Kier alpha value is -4.31. The molecule has 1 saturated heterocycles. The van der Waals surface area contributed by atoms with E-state index >= 15 is 0 Å². The summed E-state index contributed by atoms with van der Waals surface area (Å²) < 4.78 is 15.2. The van der Waals surface area contributed by atoms with Crippen molar-refractivity contribution in [3.63, 3.8) is 0 Å². The minimum Gasteiger partial charge on any atom is -0.336 e. The van der Waals surface area contributed by atoms with Crippen LogP contribution in [0, 0.1) is 28.6 Å². The van der Waals surface area contributed by atoms with E-state index in [9.17, 15) is 14.4 Å². The third-order valence-corrected chi connectivity index (χ3v) is 6.67. The number of hydrogen-bond donors (Lipinski definition) is 1. The van der Waals surface area contributed by atoms with Crippen LogP contribution < -0.4 is 5.32 Å². The van der Waals surface area contributed by atoms with Crippen molar-refractivity contribution in [2.45, 2.75) is 37.4 Å². The van der Waals surface area contributed by atoms with Gasteiger partial charge in [-0.15, -0.1) is 0 Å². The lowest BCUT2D eigenvalue weighted by Gasteiger charge is -2.43. The summed E-state index contributed by atoms with van der Waals surface area (Å²) in [6.07, 6.45) is 6.16. The molecule has 1 saturated carbocycles. The van der Waals surface area contributed by atoms with E-state index in [1.54, 1.807) is 47.4 Å². The van der Waals surface area contributed by atoms with Gasteiger partial charge in [-0.1, -0.05) is 0 Å². The number of halogens is 1. The monoisotopic (exact) mass is 470 g/mol. The number of carbonyl (C=O) groups is 1. The lowest BCUT2D eigenvalue weighted by Crippen LogP contribution is -2.46. The maximum Gasteiger partial charge on any atom is 0.253 e. The lowest BCUT2D eigenvalue weighted by atomic mass is 9.67. The van der Waals surface area contributed by atoms with Crippen LogP contribution in [0.25, 0.3) is 11.3 Å². The summed E-state index contributed by atoms with van der Waals surface area (Å²) in [6, 6.07) is 13.2. The van der Waals surface area contributed by atoms with E-state index < -0.39 is 11.7 Å². The summed E-state index contributed by atoms with van der Waals surface area (Å²) in [4.78, 5) is 22.9. The number of aromatic nitrogens is 4. The van der Waals surface area contributed by atoms with Gasteiger partial charge in [0.2, 0.25) is 5.95 Å². The first kappa shape index (κ1) is 22.5. The van der Waals surface area contributed by atoms with Gasteiger partial charge in [-0.05, 0) is 49.6 Å². The zero-order valence-electron chi connectivity index (χ0n) is 18.9. The molecule has 2 aliphatic rings. The molecular formula is C25H23FN8O. The number of rotatable bonds is 6. The number of alkyl halides is 1. The van der Waals surface area contributed by atoms with E-state index in [-0.39, 0.29) is 18.4 Å². The van der Waals surface area contributed by atoms with Crippen LogP contribution in [0.3, 0.4) is 0 Å². The highest BCUT2D eigenvalue weighted by atomic mass is 19.1. The van der Waals surface area contributed by atoms with Crippen molar-refractivity contribution in [2.24, 2.45) is 5.92 Å². The Morgan fingerprint density at radius 2 is 2.03 bits per heavy atom. The predicted molar refractivity (Wildman–Crippen MR) is 125 cm³/mol. The van der Waals surface area contributed by atoms with E-state index in [0.717, 1.165) is 5.56 Å². The van der Waals surface area contributed by atoms with Crippen molar-refractivity contribution < 1.29 is 9.18 Å². The van der Waals surface area contributed by atoms with Crippen molar-refractivity contribution in [3.8, 4) is 23.4 Å². The molecule has 2 fully saturated rings. The summed E-state index contributed by atoms with van der Waals surface area (Å²) in [5.41, 5.74) is 2.22. The molecule has 1 aromatic carbocycles. The van der Waals surface area contributed by atoms with Gasteiger partial charge < -0.3 is 10.2 Å². The quantitative estimate of drug-likeness (QED) is 0.581. The standard InChI is InChI=1S/C25H23FN8O/c26-20-6-10-33(16-20)23(35)18-1-3-21(4-2-18)31-24-29-9-5-22(32-24)19-14-30-34(15-19)25(7-8-27)11-17(12-25)13-28/h1-5,9,14-15,17,20H,6-7,10-12,16H2,(H,29,31,32)/t17?,20-,25?/m0/s1. The molecule has 0 unspecified atom stereocenters. The molecule has 9 nitrogen and oxygen atoms in total. The van der Waals surface area contributed by atoms with Gasteiger partial charge in [0, 0.05) is 35.8 Å². The summed E-state index contributed by atoms with van der Waals surface area (Å²) in [6.45, 7) is 0.584. The average molecular weight is 471 g/mol. The molecule has 5 rings (SSSR count). The SMILES string of the molecule is N#CCC1(n2cc(-c3ccnc(Nc4ccc(C(=O)N5CC[C@H](F)C5)cc4)n3)cn2)CC(C#N)C1. The van der Waals surface area contributed by atoms with Gasteiger partial charge >= 0.3 is 0 Å². The minimum absolute atomic E-state index is 0.0523. The fourth-order valence-electron chi connectivity index (χ4n) is 4.71. The molecule has 1 N–H and O–H groups in total. The molecule has 10 heteroatoms. The normalized spacial score (nSPS) is 23.2. The highest BCUT2D eigenvalue weighted by Crippen LogP contribution is 2.46. The van der Waals surface area contributed by atoms with Crippen LogP contribution >= 0.6 is 0 Å². The topological polar surface area (TPSA) is 124 Å². The van der Waals surface area contributed by atoms with Crippen LogP contribution in [0.2, 0.25) is 0 Å². The number of benzene rings is 1. The predicted octanol–water partition coefficient (Wildman–Crippen LogP) is 3.81. The van der Waals surface area contributed by atoms with Crippen LogP contribution in [-0.4, -0.2) is 49.8 Å². The molecule has 2 aromatic heterocycles. The van der Waals surface area contributed by atoms with Crippen molar-refractivity contribution in [2.75, 3.05) is 18.4 Å². The van der Waals surface area contributed by atoms with Crippen LogP contribution in [0.5, 0.6) is 0 Å². The smallest absolute Gasteiger partial charge is 0.253 e. The second-order valence-electron chi connectivity index (χ2n) is 9.07. The molecule has 3 heterocycles. The third kappa shape index (κ3) is 4.43. The number of hydrogen-bond acceptors (Lipinski definition) is 7. The average Bonchev–Trinajstić information content (AvgIpc) is 3.51. The van der Waals surface area contributed by atoms with Gasteiger partial charge in [0.1, 0.15) is 6.17 Å². The number of carbonyl (C=O) groups excluding carboxylic acids is 1. The number of amides is 1. The van der Waals surface area contributed by atoms with Crippen LogP contribution in [0.4, 0.5) is 16.0 Å². The number of nitrogens with zero attached hydrogens (tertiary/aromatic N) is 7. The van der Waals surface area contributed by atoms with E-state index in [1.807, 2.05) is 6.20 Å². The van der Waals surface area contributed by atoms with Crippen LogP contribution in [-0.2, 0) is 5.54 Å². The van der Waals surface area contributed by atoms with Crippen molar-refractivity contribution in [3.05, 3.63) is 54.5 Å². The van der Waals surface area contributed by atoms with Crippen molar-refractivity contribution in [1.29, 1.82) is 10.5 Å². The van der Waals surface area contributed by atoms with Gasteiger partial charge in [0.25, 0.3) is 5.91 Å². The molecule has 176 valence electrons. The molecule has 1 atom stereocenters. The third-order valence-electron chi connectivity index (χ3n) is 6.67. The molecule has 0 bridgehead atoms. The number of nitrogens with one attached hydrogen (secondary N) is 1. The van der Waals surface area contributed by atoms with E-state index in [4.69, 9.17) is 5.26 Å². The lowest BCUT2D eigenvalue weighted by molar-refractivity contribution is 0.0783. The molecule has 1 amide bonds. The molecule has 0 radical (unpaired) electrons. The molecule has 0 spiro atoms. The summed E-state index contributed by atoms with van der Waals surface area (Å²) in [7, 11) is 0. The summed E-state index contributed by atoms with van der Waals surface area (Å²) in [5, 5.41) is 26.0. The van der Waals surface area contributed by atoms with Gasteiger partial charge in [0.05, 0.1) is 48.5 Å². The Morgan fingerprint density at radius 3 is 2.71 bits per heavy atom. The summed E-state index contributed by atoms with van der Waals surface area (Å²) in [5.74, 6) is 0.159. The number of anilines is 2. The second-order valence-corrected chi connectivity index (χ2v) is 9.07. The Morgan fingerprint density at radius 1 is 1.23 bits per heavy atom. The van der Waals surface area contributed by atoms with Gasteiger partial charge in [-0.25, -0.2) is 14.4 Å². The van der Waals surface area contributed by atoms with Crippen LogP contribution in [0.15, 0.2) is 48.9 Å². The Labute approximate surface area is 201 Å². The molecular weight excluding hydrogens is 447 g/mol. The Bertz CT molecular complexity index is 1320. The largest absolute Gasteiger partial charge is 0.336 e. The van der Waals surface area contributed by atoms with E-state index in [0.29, 0.717) is 55.1 Å². The fraction of sp³-hybridized carbons (Fsp3) is 0.360. The zero-order valence-corrected chi connectivity index (χ0v) is 18.9. The van der Waals surface area contributed by atoms with Crippen molar-refractivity contribution in [1.82, 2.24) is 24.6 Å². The zero-order chi connectivity index (χ0) is 24.4. The molecule has 1 aliphatic heterocycles. The highest BCUT2D eigenvalue weighted by Gasteiger charge is 2.46. The minimum atomic E-state index is -0.948. The number of likely N-dealkylation sites (tertiary alicyclic amines) is 1.